The van der Waals surface area contributed by atoms with Crippen molar-refractivity contribution in [3.63, 3.8) is 0 Å². The van der Waals surface area contributed by atoms with Crippen LogP contribution in [0.25, 0.3) is 0 Å². The Hall–Kier alpha value is -0.480. The number of hydrogen-bond donors (Lipinski definition) is 1. The number of hydrogen-bond acceptors (Lipinski definition) is 2. The summed E-state index contributed by atoms with van der Waals surface area (Å²) in [5, 5.41) is 0. The van der Waals surface area contributed by atoms with Gasteiger partial charge in [0.25, 0.3) is 5.91 Å². The minimum Gasteiger partial charge on any atom is -0.336 e. The number of thiol groups is 1. The minimum absolute atomic E-state index is 0.111. The summed E-state index contributed by atoms with van der Waals surface area (Å²) in [7, 11) is 0. The van der Waals surface area contributed by atoms with Crippen molar-refractivity contribution in [3.8, 4) is 0 Å². The first-order chi connectivity index (χ1) is 8.09. The molecule has 4 heteroatoms. The summed E-state index contributed by atoms with van der Waals surface area (Å²) >= 11 is 7.73. The summed E-state index contributed by atoms with van der Waals surface area (Å²) < 4.78 is 0.845. The van der Waals surface area contributed by atoms with E-state index in [-0.39, 0.29) is 5.91 Å². The number of amides is 1. The van der Waals surface area contributed by atoms with E-state index in [9.17, 15) is 4.79 Å². The Morgan fingerprint density at radius 3 is 2.94 bits per heavy atom. The van der Waals surface area contributed by atoms with Crippen LogP contribution in [0.4, 0.5) is 0 Å². The number of carbonyl (C=O) groups is 1. The van der Waals surface area contributed by atoms with Crippen molar-refractivity contribution < 1.29 is 4.79 Å². The predicted molar refractivity (Wildman–Crippen MR) is 75.7 cm³/mol. The fraction of sp³-hybridized carbons (Fsp3) is 0.462. The number of benzene rings is 1. The maximum atomic E-state index is 12.4. The van der Waals surface area contributed by atoms with Gasteiger partial charge in [0, 0.05) is 22.0 Å². The average Bonchev–Trinajstić information content (AvgIpc) is 2.32. The highest BCUT2D eigenvalue weighted by Gasteiger charge is 2.25. The molecular weight excluding hydrogens is 298 g/mol. The predicted octanol–water partition coefficient (Wildman–Crippen LogP) is 3.75. The highest BCUT2D eigenvalue weighted by Crippen LogP contribution is 2.25. The lowest BCUT2D eigenvalue weighted by Crippen LogP contribution is -2.42. The fourth-order valence-corrected chi connectivity index (χ4v) is 2.85. The zero-order chi connectivity index (χ0) is 12.4. The molecule has 2 nitrogen and oxygen atoms in total. The van der Waals surface area contributed by atoms with Gasteiger partial charge in [-0.2, -0.15) is 0 Å². The normalized spacial score (nSPS) is 20.4. The lowest BCUT2D eigenvalue weighted by atomic mass is 10.0. The zero-order valence-electron chi connectivity index (χ0n) is 9.82. The first-order valence-corrected chi connectivity index (χ1v) is 7.13. The van der Waals surface area contributed by atoms with E-state index in [1.807, 2.05) is 23.1 Å². The Morgan fingerprint density at radius 2 is 2.24 bits per heavy atom. The van der Waals surface area contributed by atoms with E-state index in [1.165, 1.54) is 6.42 Å². The van der Waals surface area contributed by atoms with Gasteiger partial charge in [-0.25, -0.2) is 0 Å². The van der Waals surface area contributed by atoms with Gasteiger partial charge in [0.15, 0.2) is 0 Å². The second-order valence-electron chi connectivity index (χ2n) is 4.51. The molecule has 17 heavy (non-hydrogen) atoms. The van der Waals surface area contributed by atoms with Crippen molar-refractivity contribution in [3.05, 3.63) is 28.2 Å². The van der Waals surface area contributed by atoms with Crippen LogP contribution in [0.5, 0.6) is 0 Å². The van der Waals surface area contributed by atoms with Gasteiger partial charge < -0.3 is 4.90 Å². The van der Waals surface area contributed by atoms with E-state index in [1.54, 1.807) is 0 Å². The number of halogens is 1. The molecule has 1 fully saturated rings. The summed E-state index contributed by atoms with van der Waals surface area (Å²) in [5.74, 6) is 0.111. The van der Waals surface area contributed by atoms with E-state index >= 15 is 0 Å². The van der Waals surface area contributed by atoms with Crippen LogP contribution in [0.2, 0.25) is 0 Å². The number of nitrogens with zero attached hydrogens (tertiary/aromatic N) is 1. The second-order valence-corrected chi connectivity index (χ2v) is 5.88. The molecule has 1 aliphatic rings. The Balaban J connectivity index is 2.26. The molecule has 0 aromatic heterocycles. The molecule has 92 valence electrons. The van der Waals surface area contributed by atoms with Gasteiger partial charge in [-0.3, -0.25) is 4.79 Å². The van der Waals surface area contributed by atoms with E-state index in [0.29, 0.717) is 11.6 Å². The highest BCUT2D eigenvalue weighted by atomic mass is 79.9. The SMILES string of the molecule is CC1CCCCN1C(=O)c1cc(S)ccc1Br. The molecule has 0 bridgehead atoms. The summed E-state index contributed by atoms with van der Waals surface area (Å²) in [6.45, 7) is 2.98. The summed E-state index contributed by atoms with van der Waals surface area (Å²) in [5.41, 5.74) is 0.714. The first-order valence-electron chi connectivity index (χ1n) is 5.89. The largest absolute Gasteiger partial charge is 0.336 e. The quantitative estimate of drug-likeness (QED) is 0.783. The Labute approximate surface area is 116 Å². The second kappa shape index (κ2) is 5.44. The molecule has 0 aliphatic carbocycles. The van der Waals surface area contributed by atoms with E-state index < -0.39 is 0 Å². The smallest absolute Gasteiger partial charge is 0.255 e. The van der Waals surface area contributed by atoms with Crippen LogP contribution in [-0.2, 0) is 0 Å². The van der Waals surface area contributed by atoms with Crippen molar-refractivity contribution >= 4 is 34.5 Å². The van der Waals surface area contributed by atoms with Crippen molar-refractivity contribution in [1.82, 2.24) is 4.90 Å². The van der Waals surface area contributed by atoms with Crippen LogP contribution in [0.15, 0.2) is 27.6 Å². The molecule has 1 heterocycles. The van der Waals surface area contributed by atoms with Crippen LogP contribution in [0.1, 0.15) is 36.5 Å². The van der Waals surface area contributed by atoms with Gasteiger partial charge >= 0.3 is 0 Å². The monoisotopic (exact) mass is 313 g/mol. The number of rotatable bonds is 1. The van der Waals surface area contributed by atoms with Crippen molar-refractivity contribution in [2.24, 2.45) is 0 Å². The number of piperidine rings is 1. The van der Waals surface area contributed by atoms with Crippen molar-refractivity contribution in [2.75, 3.05) is 6.54 Å². The molecule has 2 rings (SSSR count). The number of likely N-dealkylation sites (tertiary alicyclic amines) is 1. The van der Waals surface area contributed by atoms with Gasteiger partial charge in [0.05, 0.1) is 5.56 Å². The van der Waals surface area contributed by atoms with E-state index in [0.717, 1.165) is 28.8 Å². The van der Waals surface area contributed by atoms with E-state index in [2.05, 4.69) is 35.5 Å². The maximum absolute atomic E-state index is 12.4. The highest BCUT2D eigenvalue weighted by molar-refractivity contribution is 9.10. The topological polar surface area (TPSA) is 20.3 Å². The first kappa shape index (κ1) is 13.0. The molecule has 1 aromatic rings. The Bertz CT molecular complexity index is 435. The lowest BCUT2D eigenvalue weighted by molar-refractivity contribution is 0.0634. The van der Waals surface area contributed by atoms with Crippen LogP contribution >= 0.6 is 28.6 Å². The average molecular weight is 314 g/mol. The third-order valence-corrected chi connectivity index (χ3v) is 4.21. The van der Waals surface area contributed by atoms with Crippen LogP contribution in [-0.4, -0.2) is 23.4 Å². The van der Waals surface area contributed by atoms with Gasteiger partial charge in [0.1, 0.15) is 0 Å². The van der Waals surface area contributed by atoms with E-state index in [4.69, 9.17) is 0 Å². The molecule has 0 radical (unpaired) electrons. The molecule has 1 aliphatic heterocycles. The van der Waals surface area contributed by atoms with Crippen LogP contribution < -0.4 is 0 Å². The fourth-order valence-electron chi connectivity index (χ4n) is 2.23. The summed E-state index contributed by atoms with van der Waals surface area (Å²) in [6.07, 6.45) is 3.43. The molecule has 1 saturated heterocycles. The van der Waals surface area contributed by atoms with Gasteiger partial charge in [0.2, 0.25) is 0 Å². The summed E-state index contributed by atoms with van der Waals surface area (Å²) in [6, 6.07) is 5.93. The Kier molecular flexibility index (Phi) is 4.15. The number of carbonyl (C=O) groups excluding carboxylic acids is 1. The molecular formula is C13H16BrNOS. The third-order valence-electron chi connectivity index (χ3n) is 3.24. The van der Waals surface area contributed by atoms with Gasteiger partial charge in [-0.05, 0) is 60.3 Å². The van der Waals surface area contributed by atoms with Crippen LogP contribution in [0.3, 0.4) is 0 Å². The minimum atomic E-state index is 0.111. The standard InChI is InChI=1S/C13H16BrNOS/c1-9-4-2-3-7-15(9)13(16)11-8-10(17)5-6-12(11)14/h5-6,8-9,17H,2-4,7H2,1H3. The summed E-state index contributed by atoms with van der Waals surface area (Å²) in [4.78, 5) is 15.2. The third kappa shape index (κ3) is 2.86. The Morgan fingerprint density at radius 1 is 1.47 bits per heavy atom. The zero-order valence-corrected chi connectivity index (χ0v) is 12.3. The van der Waals surface area contributed by atoms with Crippen molar-refractivity contribution in [1.29, 1.82) is 0 Å². The van der Waals surface area contributed by atoms with Gasteiger partial charge in [-0.1, -0.05) is 0 Å². The molecule has 1 atom stereocenters. The molecule has 0 saturated carbocycles. The molecule has 0 spiro atoms. The maximum Gasteiger partial charge on any atom is 0.255 e. The molecule has 1 aromatic carbocycles. The molecule has 0 N–H and O–H groups in total. The van der Waals surface area contributed by atoms with Crippen LogP contribution in [0, 0.1) is 0 Å². The van der Waals surface area contributed by atoms with Crippen molar-refractivity contribution in [2.45, 2.75) is 37.1 Å². The lowest BCUT2D eigenvalue weighted by Gasteiger charge is -2.33. The molecule has 1 unspecified atom stereocenters. The molecule has 1 amide bonds. The van der Waals surface area contributed by atoms with Gasteiger partial charge in [-0.15, -0.1) is 12.6 Å².